The predicted molar refractivity (Wildman–Crippen MR) is 108 cm³/mol. The van der Waals surface area contributed by atoms with Crippen LogP contribution in [-0.2, 0) is 13.6 Å². The van der Waals surface area contributed by atoms with Crippen molar-refractivity contribution in [1.29, 1.82) is 0 Å². The van der Waals surface area contributed by atoms with E-state index in [4.69, 9.17) is 4.42 Å². The summed E-state index contributed by atoms with van der Waals surface area (Å²) in [5, 5.41) is 13.5. The summed E-state index contributed by atoms with van der Waals surface area (Å²) in [4.78, 5) is 12.0. The Kier molecular flexibility index (Phi) is 4.81. The third-order valence-corrected chi connectivity index (χ3v) is 4.79. The number of aromatic nitrogens is 7. The number of benzene rings is 1. The first-order valence-electron chi connectivity index (χ1n) is 9.46. The summed E-state index contributed by atoms with van der Waals surface area (Å²) in [7, 11) is 1.81. The average molecular weight is 440 g/mol. The van der Waals surface area contributed by atoms with Crippen molar-refractivity contribution >= 4 is 17.2 Å². The van der Waals surface area contributed by atoms with Gasteiger partial charge in [0, 0.05) is 37.1 Å². The van der Waals surface area contributed by atoms with Crippen LogP contribution in [0, 0.1) is 5.82 Å². The Labute approximate surface area is 178 Å². The number of H-pyrrole nitrogens is 1. The van der Waals surface area contributed by atoms with Gasteiger partial charge in [-0.2, -0.15) is 13.9 Å². The number of nitrogens with one attached hydrogen (secondary N) is 2. The first-order valence-corrected chi connectivity index (χ1v) is 9.46. The van der Waals surface area contributed by atoms with Crippen LogP contribution in [0.4, 0.5) is 19.2 Å². The summed E-state index contributed by atoms with van der Waals surface area (Å²) in [5.74, 6) is -0.673. The van der Waals surface area contributed by atoms with Gasteiger partial charge >= 0.3 is 12.4 Å². The fourth-order valence-electron chi connectivity index (χ4n) is 3.26. The minimum absolute atomic E-state index is 0.0159. The van der Waals surface area contributed by atoms with Crippen LogP contribution in [0.15, 0.2) is 47.3 Å². The first-order chi connectivity index (χ1) is 15.5. The number of aryl methyl sites for hydroxylation is 1. The fourth-order valence-corrected chi connectivity index (χ4v) is 3.26. The average Bonchev–Trinajstić information content (AvgIpc) is 3.51. The van der Waals surface area contributed by atoms with Gasteiger partial charge in [-0.1, -0.05) is 17.2 Å². The van der Waals surface area contributed by atoms with E-state index in [1.807, 2.05) is 13.2 Å². The summed E-state index contributed by atoms with van der Waals surface area (Å²) in [5.41, 5.74) is 3.63. The molecule has 0 saturated heterocycles. The molecular formula is C20H15F3N8O. The van der Waals surface area contributed by atoms with Crippen molar-refractivity contribution in [1.82, 2.24) is 34.9 Å². The molecule has 5 aromatic rings. The number of rotatable bonds is 6. The lowest BCUT2D eigenvalue weighted by Crippen LogP contribution is -2.02. The summed E-state index contributed by atoms with van der Waals surface area (Å²) in [6.07, 6.45) is 2.25. The van der Waals surface area contributed by atoms with Crippen LogP contribution in [0.2, 0.25) is 0 Å². The highest BCUT2D eigenvalue weighted by atomic mass is 19.3. The van der Waals surface area contributed by atoms with Crippen molar-refractivity contribution in [3.8, 4) is 22.5 Å². The van der Waals surface area contributed by atoms with Crippen LogP contribution in [0.25, 0.3) is 33.7 Å². The largest absolute Gasteiger partial charge is 0.402 e. The fraction of sp³-hybridized carbons (Fsp3) is 0.150. The standard InChI is InChI=1S/C20H15F3N8O/c1-31-9-12(8-26-31)17-27-15-13(4-5-24-18(15)28-17)10-2-3-11(14(21)6-10)7-25-20-30-29-19(32-20)16(22)23/h2-6,8-9,16H,7H2,1H3,(H,25,30)(H,24,27,28). The molecule has 0 spiro atoms. The second-order valence-electron chi connectivity index (χ2n) is 6.95. The van der Waals surface area contributed by atoms with Gasteiger partial charge in [-0.3, -0.25) is 4.68 Å². The SMILES string of the molecule is Cn1cc(-c2nc3nccc(-c4ccc(CNc5nnc(C(F)F)o5)c(F)c4)c3[nH]2)cn1. The van der Waals surface area contributed by atoms with Crippen LogP contribution < -0.4 is 5.32 Å². The molecule has 0 amide bonds. The molecular weight excluding hydrogens is 425 g/mol. The van der Waals surface area contributed by atoms with Crippen LogP contribution in [0.3, 0.4) is 0 Å². The van der Waals surface area contributed by atoms with Gasteiger partial charge in [-0.25, -0.2) is 14.4 Å². The Morgan fingerprint density at radius 3 is 2.78 bits per heavy atom. The topological polar surface area (TPSA) is 110 Å². The molecule has 0 unspecified atom stereocenters. The molecule has 0 atom stereocenters. The van der Waals surface area contributed by atoms with Gasteiger partial charge in [-0.05, 0) is 17.7 Å². The van der Waals surface area contributed by atoms with Crippen molar-refractivity contribution in [2.45, 2.75) is 13.0 Å². The maximum Gasteiger partial charge on any atom is 0.315 e. The molecule has 0 aliphatic rings. The number of hydrogen-bond donors (Lipinski definition) is 2. The van der Waals surface area contributed by atoms with Crippen LogP contribution in [0.1, 0.15) is 17.9 Å². The lowest BCUT2D eigenvalue weighted by molar-refractivity contribution is 0.116. The monoisotopic (exact) mass is 440 g/mol. The molecule has 4 heterocycles. The number of fused-ring (bicyclic) bond motifs is 1. The van der Waals surface area contributed by atoms with E-state index in [2.05, 4.69) is 35.6 Å². The van der Waals surface area contributed by atoms with E-state index < -0.39 is 18.1 Å². The van der Waals surface area contributed by atoms with Crippen LogP contribution in [0.5, 0.6) is 0 Å². The van der Waals surface area contributed by atoms with E-state index in [1.54, 1.807) is 35.3 Å². The molecule has 0 aliphatic carbocycles. The van der Waals surface area contributed by atoms with E-state index in [1.165, 1.54) is 6.07 Å². The Balaban J connectivity index is 1.41. The van der Waals surface area contributed by atoms with Gasteiger partial charge in [0.15, 0.2) is 5.65 Å². The maximum atomic E-state index is 14.8. The van der Waals surface area contributed by atoms with E-state index in [0.717, 1.165) is 11.1 Å². The molecule has 32 heavy (non-hydrogen) atoms. The van der Waals surface area contributed by atoms with Crippen molar-refractivity contribution in [2.75, 3.05) is 5.32 Å². The number of pyridine rings is 1. The van der Waals surface area contributed by atoms with E-state index >= 15 is 0 Å². The number of anilines is 1. The van der Waals surface area contributed by atoms with E-state index in [0.29, 0.717) is 28.1 Å². The Morgan fingerprint density at radius 2 is 2.06 bits per heavy atom. The summed E-state index contributed by atoms with van der Waals surface area (Å²) in [6.45, 7) is -0.0159. The highest BCUT2D eigenvalue weighted by Crippen LogP contribution is 2.30. The molecule has 162 valence electrons. The Hall–Kier alpha value is -4.22. The molecule has 12 heteroatoms. The Morgan fingerprint density at radius 1 is 1.19 bits per heavy atom. The lowest BCUT2D eigenvalue weighted by Gasteiger charge is -2.07. The molecule has 5 rings (SSSR count). The molecule has 9 nitrogen and oxygen atoms in total. The highest BCUT2D eigenvalue weighted by Gasteiger charge is 2.17. The third-order valence-electron chi connectivity index (χ3n) is 4.79. The predicted octanol–water partition coefficient (Wildman–Crippen LogP) is 4.10. The third kappa shape index (κ3) is 3.66. The van der Waals surface area contributed by atoms with Gasteiger partial charge in [0.2, 0.25) is 0 Å². The lowest BCUT2D eigenvalue weighted by atomic mass is 10.0. The van der Waals surface area contributed by atoms with E-state index in [-0.39, 0.29) is 12.6 Å². The minimum Gasteiger partial charge on any atom is -0.402 e. The summed E-state index contributed by atoms with van der Waals surface area (Å²) in [6, 6.07) is 6.28. The first kappa shape index (κ1) is 19.7. The van der Waals surface area contributed by atoms with Crippen LogP contribution >= 0.6 is 0 Å². The van der Waals surface area contributed by atoms with Crippen molar-refractivity contribution in [2.24, 2.45) is 7.05 Å². The molecule has 4 aromatic heterocycles. The number of halogens is 3. The summed E-state index contributed by atoms with van der Waals surface area (Å²) < 4.78 is 46.2. The number of aromatic amines is 1. The quantitative estimate of drug-likeness (QED) is 0.409. The number of imidazole rings is 1. The zero-order chi connectivity index (χ0) is 22.2. The molecule has 0 fully saturated rings. The molecule has 0 radical (unpaired) electrons. The van der Waals surface area contributed by atoms with Crippen molar-refractivity contribution < 1.29 is 17.6 Å². The van der Waals surface area contributed by atoms with Gasteiger partial charge in [0.25, 0.3) is 5.89 Å². The molecule has 2 N–H and O–H groups in total. The van der Waals surface area contributed by atoms with Gasteiger partial charge < -0.3 is 14.7 Å². The summed E-state index contributed by atoms with van der Waals surface area (Å²) >= 11 is 0. The number of nitrogens with zero attached hydrogens (tertiary/aromatic N) is 6. The number of alkyl halides is 2. The molecule has 1 aromatic carbocycles. The number of hydrogen-bond acceptors (Lipinski definition) is 7. The van der Waals surface area contributed by atoms with Crippen LogP contribution in [-0.4, -0.2) is 34.9 Å². The van der Waals surface area contributed by atoms with Gasteiger partial charge in [0.1, 0.15) is 11.6 Å². The van der Waals surface area contributed by atoms with Crippen molar-refractivity contribution in [3.05, 3.63) is 60.1 Å². The molecule has 0 aliphatic heterocycles. The van der Waals surface area contributed by atoms with Gasteiger partial charge in [0.05, 0.1) is 17.3 Å². The maximum absolute atomic E-state index is 14.8. The zero-order valence-corrected chi connectivity index (χ0v) is 16.6. The minimum atomic E-state index is -2.87. The second kappa shape index (κ2) is 7.80. The van der Waals surface area contributed by atoms with E-state index in [9.17, 15) is 13.2 Å². The smallest absolute Gasteiger partial charge is 0.315 e. The molecule has 0 saturated carbocycles. The molecule has 0 bridgehead atoms. The second-order valence-corrected chi connectivity index (χ2v) is 6.95. The Bertz CT molecular complexity index is 1410. The normalized spacial score (nSPS) is 11.5. The van der Waals surface area contributed by atoms with Gasteiger partial charge in [-0.15, -0.1) is 5.10 Å². The zero-order valence-electron chi connectivity index (χ0n) is 16.6. The highest BCUT2D eigenvalue weighted by molar-refractivity contribution is 5.91. The van der Waals surface area contributed by atoms with Crippen molar-refractivity contribution in [3.63, 3.8) is 0 Å².